The van der Waals surface area contributed by atoms with Crippen molar-refractivity contribution in [3.8, 4) is 0 Å². The SMILES string of the molecule is Cc1cc(C(=O)NC2=NS(=O)(=O)c3ccccc32)c2c(C)noc2n1. The van der Waals surface area contributed by atoms with E-state index in [0.717, 1.165) is 0 Å². The van der Waals surface area contributed by atoms with Gasteiger partial charge in [0.15, 0.2) is 5.84 Å². The number of nitrogens with one attached hydrogen (secondary N) is 1. The Labute approximate surface area is 142 Å². The molecule has 1 aromatic carbocycles. The third-order valence-electron chi connectivity index (χ3n) is 3.85. The lowest BCUT2D eigenvalue weighted by atomic mass is 10.1. The summed E-state index contributed by atoms with van der Waals surface area (Å²) in [6.45, 7) is 3.42. The second-order valence-corrected chi connectivity index (χ2v) is 7.20. The zero-order chi connectivity index (χ0) is 17.8. The molecule has 8 nitrogen and oxygen atoms in total. The summed E-state index contributed by atoms with van der Waals surface area (Å²) in [4.78, 5) is 17.0. The monoisotopic (exact) mass is 356 g/mol. The van der Waals surface area contributed by atoms with Crippen LogP contribution in [-0.2, 0) is 10.0 Å². The van der Waals surface area contributed by atoms with Crippen molar-refractivity contribution in [2.45, 2.75) is 18.7 Å². The number of sulfonamides is 1. The molecule has 1 amide bonds. The zero-order valence-electron chi connectivity index (χ0n) is 13.3. The fraction of sp³-hybridized carbons (Fsp3) is 0.125. The Morgan fingerprint density at radius 2 is 1.96 bits per heavy atom. The van der Waals surface area contributed by atoms with Gasteiger partial charge in [-0.15, -0.1) is 4.40 Å². The van der Waals surface area contributed by atoms with Crippen molar-refractivity contribution in [2.24, 2.45) is 4.40 Å². The number of hydrogen-bond donors (Lipinski definition) is 1. The topological polar surface area (TPSA) is 115 Å². The molecule has 25 heavy (non-hydrogen) atoms. The van der Waals surface area contributed by atoms with E-state index in [1.807, 2.05) is 0 Å². The van der Waals surface area contributed by atoms with E-state index >= 15 is 0 Å². The van der Waals surface area contributed by atoms with Gasteiger partial charge in [0.25, 0.3) is 21.6 Å². The minimum absolute atomic E-state index is 0.00248. The minimum Gasteiger partial charge on any atom is -0.336 e. The first-order valence-corrected chi connectivity index (χ1v) is 8.80. The normalized spacial score (nSPS) is 15.0. The Bertz CT molecular complexity index is 1180. The zero-order valence-corrected chi connectivity index (χ0v) is 14.1. The van der Waals surface area contributed by atoms with Gasteiger partial charge in [-0.05, 0) is 32.0 Å². The van der Waals surface area contributed by atoms with Crippen LogP contribution in [0.5, 0.6) is 0 Å². The van der Waals surface area contributed by atoms with E-state index in [1.165, 1.54) is 6.07 Å². The Morgan fingerprint density at radius 3 is 2.76 bits per heavy atom. The molecule has 0 radical (unpaired) electrons. The Hall–Kier alpha value is -3.07. The van der Waals surface area contributed by atoms with Gasteiger partial charge in [-0.1, -0.05) is 17.3 Å². The molecule has 0 bridgehead atoms. The quantitative estimate of drug-likeness (QED) is 0.710. The minimum atomic E-state index is -3.80. The number of amides is 1. The molecule has 3 aromatic rings. The van der Waals surface area contributed by atoms with Crippen LogP contribution >= 0.6 is 0 Å². The molecule has 0 saturated carbocycles. The first-order chi connectivity index (χ1) is 11.9. The second kappa shape index (κ2) is 5.21. The summed E-state index contributed by atoms with van der Waals surface area (Å²) in [5.41, 5.74) is 2.01. The number of carbonyl (C=O) groups is 1. The molecule has 1 N–H and O–H groups in total. The lowest BCUT2D eigenvalue weighted by Crippen LogP contribution is -2.30. The first-order valence-electron chi connectivity index (χ1n) is 7.36. The summed E-state index contributed by atoms with van der Waals surface area (Å²) in [6, 6.07) is 7.92. The fourth-order valence-electron chi connectivity index (χ4n) is 2.77. The second-order valence-electron chi connectivity index (χ2n) is 5.62. The Morgan fingerprint density at radius 1 is 1.20 bits per heavy atom. The molecular weight excluding hydrogens is 344 g/mol. The Kier molecular flexibility index (Phi) is 3.22. The van der Waals surface area contributed by atoms with E-state index in [9.17, 15) is 13.2 Å². The number of rotatable bonds is 1. The van der Waals surface area contributed by atoms with Crippen molar-refractivity contribution in [1.82, 2.24) is 15.5 Å². The highest BCUT2D eigenvalue weighted by molar-refractivity contribution is 7.90. The molecule has 1 aliphatic heterocycles. The average molecular weight is 356 g/mol. The van der Waals surface area contributed by atoms with E-state index in [-0.39, 0.29) is 16.4 Å². The number of hydrogen-bond acceptors (Lipinski definition) is 6. The van der Waals surface area contributed by atoms with E-state index in [1.54, 1.807) is 38.1 Å². The van der Waals surface area contributed by atoms with Crippen LogP contribution in [0.25, 0.3) is 11.1 Å². The van der Waals surface area contributed by atoms with Crippen LogP contribution in [0.15, 0.2) is 44.1 Å². The summed E-state index contributed by atoms with van der Waals surface area (Å²) in [6.07, 6.45) is 0. The third-order valence-corrected chi connectivity index (χ3v) is 5.19. The molecule has 126 valence electrons. The molecule has 4 rings (SSSR count). The Balaban J connectivity index is 1.79. The van der Waals surface area contributed by atoms with Crippen molar-refractivity contribution in [3.05, 3.63) is 52.8 Å². The van der Waals surface area contributed by atoms with Crippen LogP contribution in [-0.4, -0.2) is 30.3 Å². The first kappa shape index (κ1) is 15.5. The number of carbonyl (C=O) groups excluding carboxylic acids is 1. The van der Waals surface area contributed by atoms with Crippen LogP contribution < -0.4 is 5.32 Å². The summed E-state index contributed by atoms with van der Waals surface area (Å²) < 4.78 is 33.0. The molecule has 9 heteroatoms. The standard InChI is InChI=1S/C16H12N4O4S/c1-8-7-11(13-9(2)19-24-16(13)17-8)15(21)18-14-10-5-3-4-6-12(10)25(22,23)20-14/h3-7H,1-2H3,(H,18,20,21). The van der Waals surface area contributed by atoms with Gasteiger partial charge >= 0.3 is 0 Å². The molecular formula is C16H12N4O4S. The van der Waals surface area contributed by atoms with Gasteiger partial charge < -0.3 is 9.84 Å². The van der Waals surface area contributed by atoms with Gasteiger partial charge in [-0.2, -0.15) is 8.42 Å². The smallest absolute Gasteiger partial charge is 0.285 e. The van der Waals surface area contributed by atoms with E-state index < -0.39 is 15.9 Å². The predicted molar refractivity (Wildman–Crippen MR) is 88.9 cm³/mol. The number of aryl methyl sites for hydroxylation is 2. The van der Waals surface area contributed by atoms with Gasteiger partial charge in [0.1, 0.15) is 4.90 Å². The van der Waals surface area contributed by atoms with Gasteiger partial charge in [0.05, 0.1) is 16.6 Å². The van der Waals surface area contributed by atoms with Gasteiger partial charge in [-0.25, -0.2) is 4.98 Å². The molecule has 0 unspecified atom stereocenters. The van der Waals surface area contributed by atoms with Gasteiger partial charge in [0.2, 0.25) is 0 Å². The largest absolute Gasteiger partial charge is 0.336 e. The summed E-state index contributed by atoms with van der Waals surface area (Å²) in [5.74, 6) is -0.509. The molecule has 0 aliphatic carbocycles. The van der Waals surface area contributed by atoms with Crippen molar-refractivity contribution in [2.75, 3.05) is 0 Å². The van der Waals surface area contributed by atoms with Crippen LogP contribution in [0.3, 0.4) is 0 Å². The summed E-state index contributed by atoms with van der Waals surface area (Å²) in [5, 5.41) is 6.89. The lowest BCUT2D eigenvalue weighted by Gasteiger charge is -2.07. The summed E-state index contributed by atoms with van der Waals surface area (Å²) in [7, 11) is -3.80. The van der Waals surface area contributed by atoms with Crippen molar-refractivity contribution >= 4 is 32.9 Å². The van der Waals surface area contributed by atoms with Crippen LogP contribution in [0.4, 0.5) is 0 Å². The number of fused-ring (bicyclic) bond motifs is 2. The average Bonchev–Trinajstić information content (AvgIpc) is 3.05. The maximum Gasteiger partial charge on any atom is 0.285 e. The molecule has 0 saturated heterocycles. The maximum absolute atomic E-state index is 12.8. The highest BCUT2D eigenvalue weighted by atomic mass is 32.2. The predicted octanol–water partition coefficient (Wildman–Crippen LogP) is 1.72. The number of aromatic nitrogens is 2. The maximum atomic E-state index is 12.8. The van der Waals surface area contributed by atoms with E-state index in [2.05, 4.69) is 19.9 Å². The van der Waals surface area contributed by atoms with Crippen LogP contribution in [0, 0.1) is 13.8 Å². The van der Waals surface area contributed by atoms with Crippen LogP contribution in [0.2, 0.25) is 0 Å². The molecule has 0 fully saturated rings. The molecule has 0 atom stereocenters. The number of nitrogens with zero attached hydrogens (tertiary/aromatic N) is 3. The molecule has 0 spiro atoms. The van der Waals surface area contributed by atoms with Crippen molar-refractivity contribution in [3.63, 3.8) is 0 Å². The molecule has 2 aromatic heterocycles. The number of benzene rings is 1. The lowest BCUT2D eigenvalue weighted by molar-refractivity contribution is 0.0978. The van der Waals surface area contributed by atoms with Crippen molar-refractivity contribution in [1.29, 1.82) is 0 Å². The highest BCUT2D eigenvalue weighted by Crippen LogP contribution is 2.26. The van der Waals surface area contributed by atoms with E-state index in [0.29, 0.717) is 27.9 Å². The van der Waals surface area contributed by atoms with Crippen molar-refractivity contribution < 1.29 is 17.7 Å². The summed E-state index contributed by atoms with van der Waals surface area (Å²) >= 11 is 0. The third kappa shape index (κ3) is 2.40. The van der Waals surface area contributed by atoms with E-state index in [4.69, 9.17) is 4.52 Å². The number of amidine groups is 1. The highest BCUT2D eigenvalue weighted by Gasteiger charge is 2.30. The van der Waals surface area contributed by atoms with Gasteiger partial charge in [-0.3, -0.25) is 4.79 Å². The fourth-order valence-corrected chi connectivity index (χ4v) is 3.94. The number of pyridine rings is 1. The van der Waals surface area contributed by atoms with Gasteiger partial charge in [0, 0.05) is 11.3 Å². The molecule has 3 heterocycles. The molecule has 1 aliphatic rings. The van der Waals surface area contributed by atoms with Crippen LogP contribution in [0.1, 0.15) is 27.3 Å².